The van der Waals surface area contributed by atoms with E-state index < -0.39 is 0 Å². The van der Waals surface area contributed by atoms with Crippen LogP contribution in [-0.2, 0) is 23.0 Å². The lowest BCUT2D eigenvalue weighted by Gasteiger charge is -2.23. The number of hydrogen-bond donors (Lipinski definition) is 2. The Morgan fingerprint density at radius 1 is 1.72 bits per heavy atom. The highest BCUT2D eigenvalue weighted by atomic mass is 16.5. The molecule has 0 saturated carbocycles. The minimum atomic E-state index is 0.0712. The summed E-state index contributed by atoms with van der Waals surface area (Å²) in [5.41, 5.74) is 1.14. The quantitative estimate of drug-likeness (QED) is 0.738. The van der Waals surface area contributed by atoms with E-state index >= 15 is 0 Å². The van der Waals surface area contributed by atoms with Crippen LogP contribution in [0, 0.1) is 0 Å². The van der Waals surface area contributed by atoms with Gasteiger partial charge >= 0.3 is 0 Å². The molecule has 2 rings (SSSR count). The maximum absolute atomic E-state index is 11.7. The second kappa shape index (κ2) is 6.51. The molecular formula is C12H20N4O2. The van der Waals surface area contributed by atoms with Crippen molar-refractivity contribution in [3.8, 4) is 0 Å². The fourth-order valence-corrected chi connectivity index (χ4v) is 1.99. The number of hydrogen-bond acceptors (Lipinski definition) is 4. The second-order valence-electron chi connectivity index (χ2n) is 4.55. The summed E-state index contributed by atoms with van der Waals surface area (Å²) in [5, 5.41) is 10.3. The third kappa shape index (κ3) is 4.12. The Kier molecular flexibility index (Phi) is 4.72. The molecule has 1 saturated heterocycles. The van der Waals surface area contributed by atoms with Gasteiger partial charge in [0.15, 0.2) is 0 Å². The van der Waals surface area contributed by atoms with Crippen molar-refractivity contribution in [3.63, 3.8) is 0 Å². The zero-order chi connectivity index (χ0) is 12.8. The minimum absolute atomic E-state index is 0.0712. The molecule has 2 N–H and O–H groups in total. The van der Waals surface area contributed by atoms with E-state index in [1.54, 1.807) is 4.68 Å². The zero-order valence-electron chi connectivity index (χ0n) is 10.7. The van der Waals surface area contributed by atoms with Crippen molar-refractivity contribution < 1.29 is 9.53 Å². The highest BCUT2D eigenvalue weighted by Gasteiger charge is 2.16. The van der Waals surface area contributed by atoms with Gasteiger partial charge in [0.1, 0.15) is 0 Å². The van der Waals surface area contributed by atoms with Crippen LogP contribution >= 0.6 is 0 Å². The van der Waals surface area contributed by atoms with Crippen LogP contribution in [0.15, 0.2) is 12.4 Å². The maximum atomic E-state index is 11.7. The Balaban J connectivity index is 1.62. The molecule has 0 spiro atoms. The summed E-state index contributed by atoms with van der Waals surface area (Å²) in [6, 6.07) is 0.150. The molecule has 2 heterocycles. The fourth-order valence-electron chi connectivity index (χ4n) is 1.99. The number of nitrogens with one attached hydrogen (secondary N) is 2. The van der Waals surface area contributed by atoms with Gasteiger partial charge in [-0.1, -0.05) is 0 Å². The lowest BCUT2D eigenvalue weighted by atomic mass is 10.2. The number of morpholine rings is 1. The number of rotatable bonds is 5. The predicted octanol–water partition coefficient (Wildman–Crippen LogP) is -0.543. The number of aromatic nitrogens is 2. The summed E-state index contributed by atoms with van der Waals surface area (Å²) >= 11 is 0. The van der Waals surface area contributed by atoms with Gasteiger partial charge in [0.2, 0.25) is 5.91 Å². The number of carbonyl (C=O) groups excluding carboxylic acids is 1. The summed E-state index contributed by atoms with van der Waals surface area (Å²) in [7, 11) is 1.89. The SMILES string of the molecule is Cn1cc(CCNC(=O)CC2COCCN2)cn1. The summed E-state index contributed by atoms with van der Waals surface area (Å²) < 4.78 is 7.07. The van der Waals surface area contributed by atoms with Gasteiger partial charge in [0.05, 0.1) is 19.4 Å². The van der Waals surface area contributed by atoms with Crippen LogP contribution in [-0.4, -0.2) is 48.0 Å². The summed E-state index contributed by atoms with van der Waals surface area (Å²) in [5.74, 6) is 0.0712. The van der Waals surface area contributed by atoms with Gasteiger partial charge < -0.3 is 15.4 Å². The average Bonchev–Trinajstić information content (AvgIpc) is 2.76. The molecule has 0 bridgehead atoms. The average molecular weight is 252 g/mol. The molecule has 1 atom stereocenters. The van der Waals surface area contributed by atoms with Crippen LogP contribution < -0.4 is 10.6 Å². The molecule has 1 aliphatic heterocycles. The molecule has 6 nitrogen and oxygen atoms in total. The number of aryl methyl sites for hydroxylation is 1. The Labute approximate surface area is 107 Å². The molecule has 18 heavy (non-hydrogen) atoms. The third-order valence-electron chi connectivity index (χ3n) is 2.92. The van der Waals surface area contributed by atoms with Crippen LogP contribution in [0.25, 0.3) is 0 Å². The first kappa shape index (κ1) is 13.0. The molecule has 100 valence electrons. The number of ether oxygens (including phenoxy) is 1. The van der Waals surface area contributed by atoms with E-state index in [2.05, 4.69) is 15.7 Å². The number of nitrogens with zero attached hydrogens (tertiary/aromatic N) is 2. The molecule has 1 aromatic rings. The maximum Gasteiger partial charge on any atom is 0.221 e. The molecule has 1 aromatic heterocycles. The van der Waals surface area contributed by atoms with Gasteiger partial charge in [-0.25, -0.2) is 0 Å². The molecule has 0 aliphatic carbocycles. The van der Waals surface area contributed by atoms with Crippen molar-refractivity contribution in [3.05, 3.63) is 18.0 Å². The Hall–Kier alpha value is -1.40. The van der Waals surface area contributed by atoms with Gasteiger partial charge in [0, 0.05) is 38.8 Å². The van der Waals surface area contributed by atoms with Crippen LogP contribution in [0.2, 0.25) is 0 Å². The highest BCUT2D eigenvalue weighted by Crippen LogP contribution is 1.99. The number of amides is 1. The summed E-state index contributed by atoms with van der Waals surface area (Å²) in [6.45, 7) is 2.83. The monoisotopic (exact) mass is 252 g/mol. The lowest BCUT2D eigenvalue weighted by Crippen LogP contribution is -2.44. The molecule has 1 fully saturated rings. The zero-order valence-corrected chi connectivity index (χ0v) is 10.7. The van der Waals surface area contributed by atoms with Crippen molar-refractivity contribution in [2.75, 3.05) is 26.3 Å². The Morgan fingerprint density at radius 2 is 2.61 bits per heavy atom. The molecule has 1 aliphatic rings. The Bertz CT molecular complexity index is 385. The summed E-state index contributed by atoms with van der Waals surface area (Å²) in [6.07, 6.45) is 5.08. The molecule has 1 amide bonds. The van der Waals surface area contributed by atoms with Gasteiger partial charge in [-0.05, 0) is 12.0 Å². The van der Waals surface area contributed by atoms with Crippen molar-refractivity contribution in [2.24, 2.45) is 7.05 Å². The van der Waals surface area contributed by atoms with Gasteiger partial charge in [-0.15, -0.1) is 0 Å². The van der Waals surface area contributed by atoms with Crippen molar-refractivity contribution in [2.45, 2.75) is 18.9 Å². The van der Waals surface area contributed by atoms with E-state index in [0.717, 1.165) is 25.1 Å². The van der Waals surface area contributed by atoms with E-state index in [4.69, 9.17) is 4.74 Å². The van der Waals surface area contributed by atoms with Crippen molar-refractivity contribution in [1.29, 1.82) is 0 Å². The van der Waals surface area contributed by atoms with E-state index in [1.807, 2.05) is 19.4 Å². The second-order valence-corrected chi connectivity index (χ2v) is 4.55. The van der Waals surface area contributed by atoms with Crippen LogP contribution in [0.3, 0.4) is 0 Å². The predicted molar refractivity (Wildman–Crippen MR) is 67.1 cm³/mol. The minimum Gasteiger partial charge on any atom is -0.378 e. The molecule has 1 unspecified atom stereocenters. The van der Waals surface area contributed by atoms with Crippen LogP contribution in [0.4, 0.5) is 0 Å². The first-order chi connectivity index (χ1) is 8.74. The van der Waals surface area contributed by atoms with E-state index in [9.17, 15) is 4.79 Å². The van der Waals surface area contributed by atoms with Gasteiger partial charge in [-0.2, -0.15) is 5.10 Å². The highest BCUT2D eigenvalue weighted by molar-refractivity contribution is 5.76. The smallest absolute Gasteiger partial charge is 0.221 e. The van der Waals surface area contributed by atoms with E-state index in [1.165, 1.54) is 0 Å². The largest absolute Gasteiger partial charge is 0.378 e. The van der Waals surface area contributed by atoms with E-state index in [0.29, 0.717) is 19.6 Å². The third-order valence-corrected chi connectivity index (χ3v) is 2.92. The molecule has 0 aromatic carbocycles. The fraction of sp³-hybridized carbons (Fsp3) is 0.667. The van der Waals surface area contributed by atoms with E-state index in [-0.39, 0.29) is 11.9 Å². The first-order valence-electron chi connectivity index (χ1n) is 6.29. The lowest BCUT2D eigenvalue weighted by molar-refractivity contribution is -0.122. The first-order valence-corrected chi connectivity index (χ1v) is 6.29. The van der Waals surface area contributed by atoms with Gasteiger partial charge in [-0.3, -0.25) is 9.48 Å². The molecule has 6 heteroatoms. The Morgan fingerprint density at radius 3 is 3.28 bits per heavy atom. The topological polar surface area (TPSA) is 68.2 Å². The number of carbonyl (C=O) groups is 1. The summed E-state index contributed by atoms with van der Waals surface area (Å²) in [4.78, 5) is 11.7. The van der Waals surface area contributed by atoms with Gasteiger partial charge in [0.25, 0.3) is 0 Å². The van der Waals surface area contributed by atoms with Crippen LogP contribution in [0.1, 0.15) is 12.0 Å². The van der Waals surface area contributed by atoms with Crippen molar-refractivity contribution in [1.82, 2.24) is 20.4 Å². The van der Waals surface area contributed by atoms with Crippen molar-refractivity contribution >= 4 is 5.91 Å². The molecule has 0 radical (unpaired) electrons. The molecular weight excluding hydrogens is 232 g/mol. The normalized spacial score (nSPS) is 19.7. The standard InChI is InChI=1S/C12H20N4O2/c1-16-8-10(7-15-16)2-3-14-12(17)6-11-9-18-5-4-13-11/h7-8,11,13H,2-6,9H2,1H3,(H,14,17). The van der Waals surface area contributed by atoms with Crippen LogP contribution in [0.5, 0.6) is 0 Å².